The first kappa shape index (κ1) is 13.9. The Balaban J connectivity index is 2.13. The molecule has 0 aliphatic carbocycles. The molecule has 2 rings (SSSR count). The van der Waals surface area contributed by atoms with Gasteiger partial charge in [-0.3, -0.25) is 4.79 Å². The minimum Gasteiger partial charge on any atom is -0.340 e. The first-order valence-corrected chi connectivity index (χ1v) is 7.38. The van der Waals surface area contributed by atoms with E-state index in [1.807, 2.05) is 0 Å². The van der Waals surface area contributed by atoms with E-state index in [9.17, 15) is 4.79 Å². The maximum absolute atomic E-state index is 12.2. The van der Waals surface area contributed by atoms with Gasteiger partial charge in [-0.15, -0.1) is 0 Å². The Bertz CT molecular complexity index is 306. The number of likely N-dealkylation sites (tertiary alicyclic amines) is 1. The normalized spacial score (nSPS) is 29.1. The van der Waals surface area contributed by atoms with Crippen LogP contribution in [0.25, 0.3) is 0 Å². The summed E-state index contributed by atoms with van der Waals surface area (Å²) >= 11 is 0. The van der Waals surface area contributed by atoms with Gasteiger partial charge in [-0.05, 0) is 53.4 Å². The van der Waals surface area contributed by atoms with Gasteiger partial charge >= 0.3 is 0 Å². The highest BCUT2D eigenvalue weighted by molar-refractivity contribution is 5.76. The summed E-state index contributed by atoms with van der Waals surface area (Å²) in [6.45, 7) is 9.98. The van der Waals surface area contributed by atoms with Crippen molar-refractivity contribution in [1.29, 1.82) is 0 Å². The van der Waals surface area contributed by atoms with Gasteiger partial charge in [0, 0.05) is 30.1 Å². The quantitative estimate of drug-likeness (QED) is 0.778. The standard InChI is InChI=1S/C15H28N2O/c1-14(2)10-12(11-15(3,4)16-14)17-9-7-5-6-8-13(17)18/h12,16H,5-11H2,1-4H3. The molecule has 18 heavy (non-hydrogen) atoms. The number of hydrogen-bond acceptors (Lipinski definition) is 2. The van der Waals surface area contributed by atoms with Crippen molar-refractivity contribution < 1.29 is 4.79 Å². The van der Waals surface area contributed by atoms with Crippen LogP contribution in [0.3, 0.4) is 0 Å². The molecule has 0 spiro atoms. The van der Waals surface area contributed by atoms with Gasteiger partial charge in [0.15, 0.2) is 0 Å². The van der Waals surface area contributed by atoms with Crippen molar-refractivity contribution in [2.24, 2.45) is 0 Å². The number of piperidine rings is 1. The van der Waals surface area contributed by atoms with Crippen LogP contribution in [0.4, 0.5) is 0 Å². The predicted molar refractivity (Wildman–Crippen MR) is 74.5 cm³/mol. The third-order valence-corrected chi connectivity index (χ3v) is 4.22. The van der Waals surface area contributed by atoms with Crippen LogP contribution in [0.5, 0.6) is 0 Å². The minimum atomic E-state index is 0.124. The SMILES string of the molecule is CC1(C)CC(N2CCCCCC2=O)CC(C)(C)N1. The Morgan fingerprint density at radius 3 is 2.28 bits per heavy atom. The smallest absolute Gasteiger partial charge is 0.222 e. The van der Waals surface area contributed by atoms with Crippen LogP contribution in [0.15, 0.2) is 0 Å². The Morgan fingerprint density at radius 2 is 1.67 bits per heavy atom. The van der Waals surface area contributed by atoms with Crippen molar-refractivity contribution in [3.8, 4) is 0 Å². The molecule has 104 valence electrons. The molecular formula is C15H28N2O. The molecule has 0 unspecified atom stereocenters. The molecule has 0 atom stereocenters. The topological polar surface area (TPSA) is 32.3 Å². The zero-order valence-electron chi connectivity index (χ0n) is 12.4. The molecule has 2 fully saturated rings. The van der Waals surface area contributed by atoms with Crippen LogP contribution >= 0.6 is 0 Å². The van der Waals surface area contributed by atoms with Gasteiger partial charge in [0.25, 0.3) is 0 Å². The maximum Gasteiger partial charge on any atom is 0.222 e. The summed E-state index contributed by atoms with van der Waals surface area (Å²) in [5.74, 6) is 0.381. The molecule has 2 heterocycles. The van der Waals surface area contributed by atoms with Crippen LogP contribution in [-0.2, 0) is 4.79 Å². The first-order chi connectivity index (χ1) is 8.29. The summed E-state index contributed by atoms with van der Waals surface area (Å²) in [5, 5.41) is 3.69. The predicted octanol–water partition coefficient (Wildman–Crippen LogP) is 2.70. The van der Waals surface area contributed by atoms with Crippen LogP contribution < -0.4 is 5.32 Å². The molecule has 0 radical (unpaired) electrons. The second kappa shape index (κ2) is 4.84. The van der Waals surface area contributed by atoms with E-state index < -0.39 is 0 Å². The Labute approximate surface area is 111 Å². The number of rotatable bonds is 1. The minimum absolute atomic E-state index is 0.124. The highest BCUT2D eigenvalue weighted by Gasteiger charge is 2.41. The van der Waals surface area contributed by atoms with E-state index in [0.29, 0.717) is 11.9 Å². The summed E-state index contributed by atoms with van der Waals surface area (Å²) in [7, 11) is 0. The Hall–Kier alpha value is -0.570. The van der Waals surface area contributed by atoms with E-state index in [1.54, 1.807) is 0 Å². The van der Waals surface area contributed by atoms with Crippen LogP contribution in [0.1, 0.15) is 66.2 Å². The number of nitrogens with one attached hydrogen (secondary N) is 1. The van der Waals surface area contributed by atoms with E-state index in [-0.39, 0.29) is 11.1 Å². The van der Waals surface area contributed by atoms with Gasteiger partial charge in [-0.2, -0.15) is 0 Å². The molecule has 1 N–H and O–H groups in total. The molecule has 0 bridgehead atoms. The maximum atomic E-state index is 12.2. The van der Waals surface area contributed by atoms with Crippen molar-refractivity contribution >= 4 is 5.91 Å². The van der Waals surface area contributed by atoms with Crippen molar-refractivity contribution in [2.45, 2.75) is 83.3 Å². The lowest BCUT2D eigenvalue weighted by Gasteiger charge is -2.49. The summed E-state index contributed by atoms with van der Waals surface area (Å²) in [5.41, 5.74) is 0.248. The number of carbonyl (C=O) groups is 1. The molecule has 2 aliphatic heterocycles. The lowest BCUT2D eigenvalue weighted by molar-refractivity contribution is -0.134. The molecule has 2 saturated heterocycles. The number of amides is 1. The monoisotopic (exact) mass is 252 g/mol. The van der Waals surface area contributed by atoms with Crippen molar-refractivity contribution in [3.05, 3.63) is 0 Å². The second-order valence-corrected chi connectivity index (χ2v) is 7.35. The fraction of sp³-hybridized carbons (Fsp3) is 0.933. The van der Waals surface area contributed by atoms with Gasteiger partial charge in [0.05, 0.1) is 0 Å². The lowest BCUT2D eigenvalue weighted by Crippen LogP contribution is -2.62. The van der Waals surface area contributed by atoms with Crippen LogP contribution in [0, 0.1) is 0 Å². The Kier molecular flexibility index (Phi) is 3.72. The van der Waals surface area contributed by atoms with Crippen molar-refractivity contribution in [1.82, 2.24) is 10.2 Å². The van der Waals surface area contributed by atoms with Crippen LogP contribution in [0.2, 0.25) is 0 Å². The molecule has 0 aromatic rings. The largest absolute Gasteiger partial charge is 0.340 e. The zero-order valence-corrected chi connectivity index (χ0v) is 12.4. The second-order valence-electron chi connectivity index (χ2n) is 7.35. The molecule has 0 saturated carbocycles. The van der Waals surface area contributed by atoms with Gasteiger partial charge in [-0.1, -0.05) is 6.42 Å². The summed E-state index contributed by atoms with van der Waals surface area (Å²) in [6.07, 6.45) is 6.36. The van der Waals surface area contributed by atoms with E-state index in [4.69, 9.17) is 0 Å². The van der Waals surface area contributed by atoms with Crippen molar-refractivity contribution in [2.75, 3.05) is 6.54 Å². The fourth-order valence-corrected chi connectivity index (χ4v) is 3.88. The number of hydrogen-bond donors (Lipinski definition) is 1. The highest BCUT2D eigenvalue weighted by Crippen LogP contribution is 2.32. The van der Waals surface area contributed by atoms with E-state index in [1.165, 1.54) is 12.8 Å². The molecule has 2 aliphatic rings. The van der Waals surface area contributed by atoms with E-state index in [0.717, 1.165) is 32.2 Å². The average Bonchev–Trinajstić information content (AvgIpc) is 2.37. The average molecular weight is 252 g/mol. The zero-order chi connectivity index (χ0) is 13.4. The molecular weight excluding hydrogens is 224 g/mol. The van der Waals surface area contributed by atoms with E-state index in [2.05, 4.69) is 37.9 Å². The first-order valence-electron chi connectivity index (χ1n) is 7.38. The van der Waals surface area contributed by atoms with E-state index >= 15 is 0 Å². The van der Waals surface area contributed by atoms with Gasteiger partial charge in [0.1, 0.15) is 0 Å². The molecule has 0 aromatic carbocycles. The third kappa shape index (κ3) is 3.25. The number of carbonyl (C=O) groups excluding carboxylic acids is 1. The van der Waals surface area contributed by atoms with Crippen LogP contribution in [-0.4, -0.2) is 34.5 Å². The molecule has 1 amide bonds. The van der Waals surface area contributed by atoms with Gasteiger partial charge < -0.3 is 10.2 Å². The lowest BCUT2D eigenvalue weighted by atomic mass is 9.79. The molecule has 0 aromatic heterocycles. The Morgan fingerprint density at radius 1 is 1.06 bits per heavy atom. The van der Waals surface area contributed by atoms with Gasteiger partial charge in [0.2, 0.25) is 5.91 Å². The summed E-state index contributed by atoms with van der Waals surface area (Å²) < 4.78 is 0. The summed E-state index contributed by atoms with van der Waals surface area (Å²) in [6, 6.07) is 0.418. The highest BCUT2D eigenvalue weighted by atomic mass is 16.2. The van der Waals surface area contributed by atoms with Crippen molar-refractivity contribution in [3.63, 3.8) is 0 Å². The molecule has 3 nitrogen and oxygen atoms in total. The fourth-order valence-electron chi connectivity index (χ4n) is 3.88. The van der Waals surface area contributed by atoms with Gasteiger partial charge in [-0.25, -0.2) is 0 Å². The molecule has 3 heteroatoms. The summed E-state index contributed by atoms with van der Waals surface area (Å²) in [4.78, 5) is 14.4. The number of nitrogens with zero attached hydrogens (tertiary/aromatic N) is 1. The third-order valence-electron chi connectivity index (χ3n) is 4.22.